The van der Waals surface area contributed by atoms with Crippen LogP contribution in [0, 0.1) is 0 Å². The molecule has 25 heavy (non-hydrogen) atoms. The number of aliphatic hydroxyl groups excluding tert-OH is 1. The molecule has 2 aromatic carbocycles. The molecular weight excluding hydrogens is 314 g/mol. The average molecular weight is 341 g/mol. The van der Waals surface area contributed by atoms with Crippen molar-refractivity contribution >= 4 is 5.91 Å². The van der Waals surface area contributed by atoms with Gasteiger partial charge in [0.15, 0.2) is 0 Å². The maximum absolute atomic E-state index is 11.2. The number of aryl methyl sites for hydroxylation is 1. The maximum Gasteiger partial charge on any atom is 0.243 e. The summed E-state index contributed by atoms with van der Waals surface area (Å²) in [7, 11) is 0. The molecule has 1 atom stereocenters. The molecule has 0 aromatic heterocycles. The van der Waals surface area contributed by atoms with E-state index >= 15 is 0 Å². The van der Waals surface area contributed by atoms with Gasteiger partial charge >= 0.3 is 0 Å². The Labute approximate surface area is 149 Å². The molecular formula is C21H27NO3. The summed E-state index contributed by atoms with van der Waals surface area (Å²) >= 11 is 0. The number of aliphatic hydroxyl groups is 1. The summed E-state index contributed by atoms with van der Waals surface area (Å²) in [4.78, 5) is 11.2. The minimum Gasteiger partial charge on any atom is -0.396 e. The van der Waals surface area contributed by atoms with E-state index in [1.54, 1.807) is 5.48 Å². The number of hydroxylamine groups is 1. The summed E-state index contributed by atoms with van der Waals surface area (Å²) in [6.45, 7) is 2.26. The van der Waals surface area contributed by atoms with Crippen LogP contribution in [0.3, 0.4) is 0 Å². The van der Waals surface area contributed by atoms with Gasteiger partial charge in [-0.25, -0.2) is 5.48 Å². The van der Waals surface area contributed by atoms with E-state index in [0.29, 0.717) is 12.8 Å². The van der Waals surface area contributed by atoms with Crippen molar-refractivity contribution in [3.63, 3.8) is 0 Å². The summed E-state index contributed by atoms with van der Waals surface area (Å²) in [5, 5.41) is 17.9. The van der Waals surface area contributed by atoms with Crippen molar-refractivity contribution in [2.75, 3.05) is 6.61 Å². The van der Waals surface area contributed by atoms with Gasteiger partial charge in [-0.3, -0.25) is 10.0 Å². The minimum atomic E-state index is -0.397. The first-order valence-electron chi connectivity index (χ1n) is 8.91. The number of rotatable bonds is 9. The second-order valence-electron chi connectivity index (χ2n) is 6.35. The van der Waals surface area contributed by atoms with Gasteiger partial charge in [0.05, 0.1) is 0 Å². The first kappa shape index (κ1) is 19.2. The van der Waals surface area contributed by atoms with Crippen molar-refractivity contribution < 1.29 is 15.1 Å². The molecule has 0 saturated heterocycles. The standard InChI is InChI=1S/C21H27NO3/c1-2-3-16-4-6-17(7-5-16)18-8-10-19(11-9-18)20(14-15-23)12-13-21(24)22-25/h4-11,20,23,25H,2-3,12-15H2,1H3,(H,22,24)/t20-/m1/s1. The molecule has 1 amide bonds. The van der Waals surface area contributed by atoms with Crippen LogP contribution in [-0.2, 0) is 11.2 Å². The van der Waals surface area contributed by atoms with Crippen LogP contribution < -0.4 is 5.48 Å². The highest BCUT2D eigenvalue weighted by Gasteiger charge is 2.13. The largest absolute Gasteiger partial charge is 0.396 e. The normalized spacial score (nSPS) is 12.0. The zero-order valence-corrected chi connectivity index (χ0v) is 14.7. The Hall–Kier alpha value is -2.17. The van der Waals surface area contributed by atoms with Gasteiger partial charge in [0, 0.05) is 13.0 Å². The molecule has 0 radical (unpaired) electrons. The van der Waals surface area contributed by atoms with Crippen molar-refractivity contribution in [3.8, 4) is 11.1 Å². The highest BCUT2D eigenvalue weighted by atomic mass is 16.5. The molecule has 134 valence electrons. The van der Waals surface area contributed by atoms with Gasteiger partial charge in [-0.1, -0.05) is 61.9 Å². The summed E-state index contributed by atoms with van der Waals surface area (Å²) in [5.74, 6) is -0.296. The van der Waals surface area contributed by atoms with E-state index in [-0.39, 0.29) is 18.9 Å². The van der Waals surface area contributed by atoms with Crippen LogP contribution in [0.15, 0.2) is 48.5 Å². The number of carbonyl (C=O) groups excluding carboxylic acids is 1. The maximum atomic E-state index is 11.2. The quantitative estimate of drug-likeness (QED) is 0.476. The predicted molar refractivity (Wildman–Crippen MR) is 99.5 cm³/mol. The highest BCUT2D eigenvalue weighted by Crippen LogP contribution is 2.28. The van der Waals surface area contributed by atoms with Crippen molar-refractivity contribution in [1.29, 1.82) is 0 Å². The van der Waals surface area contributed by atoms with Crippen LogP contribution >= 0.6 is 0 Å². The number of hydrogen-bond donors (Lipinski definition) is 3. The molecule has 0 spiro atoms. The Kier molecular flexibility index (Phi) is 7.64. The van der Waals surface area contributed by atoms with E-state index in [0.717, 1.165) is 24.0 Å². The Balaban J connectivity index is 2.09. The zero-order chi connectivity index (χ0) is 18.1. The lowest BCUT2D eigenvalue weighted by atomic mass is 9.90. The first-order valence-corrected chi connectivity index (χ1v) is 8.91. The fraction of sp³-hybridized carbons (Fsp3) is 0.381. The van der Waals surface area contributed by atoms with E-state index in [4.69, 9.17) is 5.21 Å². The second-order valence-corrected chi connectivity index (χ2v) is 6.35. The molecule has 0 aliphatic heterocycles. The van der Waals surface area contributed by atoms with Crippen LogP contribution in [0.5, 0.6) is 0 Å². The Morgan fingerprint density at radius 3 is 2.12 bits per heavy atom. The van der Waals surface area contributed by atoms with Gasteiger partial charge < -0.3 is 5.11 Å². The second kappa shape index (κ2) is 9.97. The number of benzene rings is 2. The number of amides is 1. The lowest BCUT2D eigenvalue weighted by Gasteiger charge is -2.16. The Morgan fingerprint density at radius 1 is 1.00 bits per heavy atom. The number of carbonyl (C=O) groups is 1. The van der Waals surface area contributed by atoms with Crippen molar-refractivity contribution in [3.05, 3.63) is 59.7 Å². The van der Waals surface area contributed by atoms with Crippen LogP contribution in [-0.4, -0.2) is 22.8 Å². The third-order valence-corrected chi connectivity index (χ3v) is 4.53. The van der Waals surface area contributed by atoms with Gasteiger partial charge in [0.2, 0.25) is 5.91 Å². The van der Waals surface area contributed by atoms with Gasteiger partial charge in [0.25, 0.3) is 0 Å². The van der Waals surface area contributed by atoms with E-state index in [9.17, 15) is 9.90 Å². The van der Waals surface area contributed by atoms with Gasteiger partial charge in [0.1, 0.15) is 0 Å². The molecule has 0 aliphatic carbocycles. The average Bonchev–Trinajstić information content (AvgIpc) is 2.66. The summed E-state index contributed by atoms with van der Waals surface area (Å²) in [5.41, 5.74) is 6.45. The molecule has 4 heteroatoms. The molecule has 2 aromatic rings. The SMILES string of the molecule is CCCc1ccc(-c2ccc([C@@H](CCO)CCC(=O)NO)cc2)cc1. The molecule has 0 bridgehead atoms. The third kappa shape index (κ3) is 5.69. The van der Waals surface area contributed by atoms with E-state index < -0.39 is 5.91 Å². The Bertz CT molecular complexity index is 650. The summed E-state index contributed by atoms with van der Waals surface area (Å²) in [6.07, 6.45) is 3.68. The van der Waals surface area contributed by atoms with Crippen molar-refractivity contribution in [2.45, 2.75) is 44.9 Å². The van der Waals surface area contributed by atoms with E-state index in [1.807, 2.05) is 0 Å². The fourth-order valence-electron chi connectivity index (χ4n) is 3.10. The number of nitrogens with one attached hydrogen (secondary N) is 1. The molecule has 0 heterocycles. The molecule has 2 rings (SSSR count). The topological polar surface area (TPSA) is 69.6 Å². The van der Waals surface area contributed by atoms with Crippen LogP contribution in [0.1, 0.15) is 49.7 Å². The van der Waals surface area contributed by atoms with Crippen LogP contribution in [0.4, 0.5) is 0 Å². The molecule has 4 nitrogen and oxygen atoms in total. The summed E-state index contributed by atoms with van der Waals surface area (Å²) < 4.78 is 0. The van der Waals surface area contributed by atoms with Crippen LogP contribution in [0.2, 0.25) is 0 Å². The zero-order valence-electron chi connectivity index (χ0n) is 14.7. The van der Waals surface area contributed by atoms with Crippen molar-refractivity contribution in [1.82, 2.24) is 5.48 Å². The Morgan fingerprint density at radius 2 is 1.60 bits per heavy atom. The monoisotopic (exact) mass is 341 g/mol. The molecule has 0 aliphatic rings. The third-order valence-electron chi connectivity index (χ3n) is 4.53. The fourth-order valence-corrected chi connectivity index (χ4v) is 3.10. The molecule has 0 saturated carbocycles. The van der Waals surface area contributed by atoms with Crippen LogP contribution in [0.25, 0.3) is 11.1 Å². The first-order chi connectivity index (χ1) is 12.2. The summed E-state index contributed by atoms with van der Waals surface area (Å²) in [6, 6.07) is 16.9. The smallest absolute Gasteiger partial charge is 0.243 e. The molecule has 3 N–H and O–H groups in total. The van der Waals surface area contributed by atoms with Crippen molar-refractivity contribution in [2.24, 2.45) is 0 Å². The van der Waals surface area contributed by atoms with Gasteiger partial charge in [-0.2, -0.15) is 0 Å². The van der Waals surface area contributed by atoms with Gasteiger partial charge in [-0.15, -0.1) is 0 Å². The molecule has 0 fully saturated rings. The van der Waals surface area contributed by atoms with E-state index in [2.05, 4.69) is 55.5 Å². The minimum absolute atomic E-state index is 0.0754. The molecule has 0 unspecified atom stereocenters. The lowest BCUT2D eigenvalue weighted by molar-refractivity contribution is -0.129. The predicted octanol–water partition coefficient (Wildman–Crippen LogP) is 4.06. The number of hydrogen-bond acceptors (Lipinski definition) is 3. The lowest BCUT2D eigenvalue weighted by Crippen LogP contribution is -2.19. The van der Waals surface area contributed by atoms with Gasteiger partial charge in [-0.05, 0) is 47.4 Å². The van der Waals surface area contributed by atoms with E-state index in [1.165, 1.54) is 11.1 Å². The highest BCUT2D eigenvalue weighted by molar-refractivity contribution is 5.74.